The molecule has 7 nitrogen and oxygen atoms in total. The number of aromatic carboxylic acids is 1. The van der Waals surface area contributed by atoms with Gasteiger partial charge in [0, 0.05) is 11.0 Å². The maximum Gasteiger partial charge on any atom is 0.335 e. The van der Waals surface area contributed by atoms with Crippen molar-refractivity contribution in [3.8, 4) is 11.5 Å². The van der Waals surface area contributed by atoms with E-state index < -0.39 is 5.97 Å². The first kappa shape index (κ1) is 26.5. The van der Waals surface area contributed by atoms with Gasteiger partial charge in [0.1, 0.15) is 6.61 Å². The minimum absolute atomic E-state index is 0.154. The Morgan fingerprint density at radius 2 is 1.81 bits per heavy atom. The molecule has 0 bridgehead atoms. The van der Waals surface area contributed by atoms with E-state index in [0.717, 1.165) is 15.6 Å². The Hall–Kier alpha value is -3.56. The molecular weight excluding hydrogens is 556 g/mol. The lowest BCUT2D eigenvalue weighted by atomic mass is 10.1. The van der Waals surface area contributed by atoms with Gasteiger partial charge in [-0.1, -0.05) is 45.8 Å². The monoisotopic (exact) mass is 580 g/mol. The van der Waals surface area contributed by atoms with Gasteiger partial charge in [-0.05, 0) is 79.2 Å². The van der Waals surface area contributed by atoms with Crippen LogP contribution in [0.2, 0.25) is 0 Å². The maximum atomic E-state index is 13.1. The maximum absolute atomic E-state index is 13.1. The molecule has 1 N–H and O–H groups in total. The molecule has 1 saturated heterocycles. The fourth-order valence-corrected chi connectivity index (χ4v) is 5.07. The van der Waals surface area contributed by atoms with Crippen molar-refractivity contribution in [2.75, 3.05) is 13.7 Å². The van der Waals surface area contributed by atoms with E-state index in [9.17, 15) is 9.59 Å². The molecule has 1 heterocycles. The van der Waals surface area contributed by atoms with Crippen LogP contribution in [0.5, 0.6) is 11.5 Å². The molecule has 1 fully saturated rings. The van der Waals surface area contributed by atoms with E-state index in [2.05, 4.69) is 20.9 Å². The number of likely N-dealkylation sites (N-methyl/N-ethyl adjacent to an activating group) is 1. The minimum atomic E-state index is -1.00. The Labute approximate surface area is 227 Å². The highest BCUT2D eigenvalue weighted by molar-refractivity contribution is 9.10. The van der Waals surface area contributed by atoms with Gasteiger partial charge in [-0.3, -0.25) is 9.69 Å². The molecule has 9 heteroatoms. The van der Waals surface area contributed by atoms with Crippen molar-refractivity contribution >= 4 is 56.5 Å². The summed E-state index contributed by atoms with van der Waals surface area (Å²) in [7, 11) is 1.58. The summed E-state index contributed by atoms with van der Waals surface area (Å²) < 4.78 is 12.3. The fraction of sp³-hybridized carbons (Fsp3) is 0.179. The van der Waals surface area contributed by atoms with E-state index in [0.29, 0.717) is 40.4 Å². The number of carboxylic acid groups (broad SMARTS) is 1. The van der Waals surface area contributed by atoms with Gasteiger partial charge in [0.15, 0.2) is 16.7 Å². The summed E-state index contributed by atoms with van der Waals surface area (Å²) in [6.07, 6.45) is 1.79. The molecule has 0 aromatic heterocycles. The van der Waals surface area contributed by atoms with Crippen LogP contribution in [-0.2, 0) is 11.4 Å². The number of carbonyl (C=O) groups excluding carboxylic acids is 1. The highest BCUT2D eigenvalue weighted by Gasteiger charge is 2.32. The zero-order valence-corrected chi connectivity index (χ0v) is 22.9. The molecule has 0 radical (unpaired) electrons. The summed E-state index contributed by atoms with van der Waals surface area (Å²) in [6.45, 7) is 4.77. The van der Waals surface area contributed by atoms with Gasteiger partial charge in [-0.25, -0.2) is 9.79 Å². The van der Waals surface area contributed by atoms with Crippen molar-refractivity contribution in [1.29, 1.82) is 0 Å². The van der Waals surface area contributed by atoms with Gasteiger partial charge in [-0.15, -0.1) is 0 Å². The van der Waals surface area contributed by atoms with E-state index >= 15 is 0 Å². The van der Waals surface area contributed by atoms with Crippen LogP contribution < -0.4 is 9.47 Å². The van der Waals surface area contributed by atoms with Crippen LogP contribution in [-0.4, -0.2) is 40.7 Å². The molecule has 1 amide bonds. The second-order valence-corrected chi connectivity index (χ2v) is 10.1. The number of carbonyl (C=O) groups is 2. The molecule has 1 aliphatic heterocycles. The van der Waals surface area contributed by atoms with Crippen LogP contribution in [0.1, 0.15) is 34.0 Å². The number of thioether (sulfide) groups is 1. The lowest BCUT2D eigenvalue weighted by Gasteiger charge is -2.13. The number of halogens is 1. The highest BCUT2D eigenvalue weighted by Crippen LogP contribution is 2.39. The molecule has 37 heavy (non-hydrogen) atoms. The van der Waals surface area contributed by atoms with E-state index in [1.54, 1.807) is 30.2 Å². The van der Waals surface area contributed by atoms with E-state index in [-0.39, 0.29) is 11.5 Å². The van der Waals surface area contributed by atoms with Gasteiger partial charge in [-0.2, -0.15) is 0 Å². The predicted molar refractivity (Wildman–Crippen MR) is 150 cm³/mol. The number of nitrogens with zero attached hydrogens (tertiary/aromatic N) is 2. The molecule has 0 saturated carbocycles. The normalized spacial score (nSPS) is 15.5. The molecule has 1 aliphatic rings. The Kier molecular flexibility index (Phi) is 8.35. The van der Waals surface area contributed by atoms with Gasteiger partial charge in [0.25, 0.3) is 5.91 Å². The first-order valence-corrected chi connectivity index (χ1v) is 13.1. The molecule has 0 unspecified atom stereocenters. The number of carboxylic acids is 1. The number of ether oxygens (including phenoxy) is 2. The Morgan fingerprint density at radius 3 is 2.43 bits per heavy atom. The number of amidine groups is 1. The minimum Gasteiger partial charge on any atom is -0.493 e. The first-order chi connectivity index (χ1) is 17.8. The lowest BCUT2D eigenvalue weighted by molar-refractivity contribution is -0.122. The molecule has 0 aliphatic carbocycles. The summed E-state index contributed by atoms with van der Waals surface area (Å²) in [5.74, 6) is -0.0151. The number of aliphatic imine (C=N–C) groups is 1. The van der Waals surface area contributed by atoms with Gasteiger partial charge < -0.3 is 14.6 Å². The van der Waals surface area contributed by atoms with Crippen LogP contribution in [0.4, 0.5) is 5.69 Å². The largest absolute Gasteiger partial charge is 0.493 e. The third kappa shape index (κ3) is 6.23. The summed E-state index contributed by atoms with van der Waals surface area (Å²) >= 11 is 4.87. The van der Waals surface area contributed by atoms with Gasteiger partial charge in [0.2, 0.25) is 0 Å². The van der Waals surface area contributed by atoms with Crippen molar-refractivity contribution in [2.45, 2.75) is 20.5 Å². The zero-order chi connectivity index (χ0) is 26.5. The average Bonchev–Trinajstić information content (AvgIpc) is 3.18. The van der Waals surface area contributed by atoms with Crippen molar-refractivity contribution < 1.29 is 24.2 Å². The predicted octanol–water partition coefficient (Wildman–Crippen LogP) is 6.67. The summed E-state index contributed by atoms with van der Waals surface area (Å²) in [6, 6.07) is 18.0. The summed E-state index contributed by atoms with van der Waals surface area (Å²) in [4.78, 5) is 30.9. The number of aryl methyl sites for hydroxylation is 1. The van der Waals surface area contributed by atoms with E-state index in [4.69, 9.17) is 14.6 Å². The number of rotatable bonds is 8. The standard InChI is InChI=1S/C28H25BrN2O5S/c1-4-31-26(32)25(37-28(31)30-21-11-9-19(10-12-21)27(33)34)14-20-13-23(35-3)24(15-22(20)29)36-16-18-7-5-17(2)6-8-18/h5-15H,4,16H2,1-3H3,(H,33,34). The van der Waals surface area contributed by atoms with Crippen molar-refractivity contribution in [1.82, 2.24) is 4.90 Å². The average molecular weight is 581 g/mol. The number of methoxy groups -OCH3 is 1. The molecule has 4 rings (SSSR count). The Bertz CT molecular complexity index is 1380. The molecule has 0 spiro atoms. The molecule has 0 atom stereocenters. The highest BCUT2D eigenvalue weighted by atomic mass is 79.9. The second kappa shape index (κ2) is 11.7. The quantitative estimate of drug-likeness (QED) is 0.299. The topological polar surface area (TPSA) is 88.4 Å². The number of hydrogen-bond acceptors (Lipinski definition) is 6. The second-order valence-electron chi connectivity index (χ2n) is 8.21. The first-order valence-electron chi connectivity index (χ1n) is 11.5. The van der Waals surface area contributed by atoms with Crippen molar-refractivity contribution in [3.63, 3.8) is 0 Å². The van der Waals surface area contributed by atoms with Gasteiger partial charge in [0.05, 0.1) is 23.3 Å². The van der Waals surface area contributed by atoms with Crippen LogP contribution in [0.15, 0.2) is 75.0 Å². The third-order valence-corrected chi connectivity index (χ3v) is 7.32. The Morgan fingerprint density at radius 1 is 1.11 bits per heavy atom. The third-order valence-electron chi connectivity index (χ3n) is 5.63. The zero-order valence-electron chi connectivity index (χ0n) is 20.5. The van der Waals surface area contributed by atoms with Gasteiger partial charge >= 0.3 is 5.97 Å². The smallest absolute Gasteiger partial charge is 0.335 e. The van der Waals surface area contributed by atoms with Crippen molar-refractivity contribution in [3.05, 3.63) is 92.3 Å². The van der Waals surface area contributed by atoms with Crippen molar-refractivity contribution in [2.24, 2.45) is 4.99 Å². The number of amides is 1. The summed E-state index contributed by atoms with van der Waals surface area (Å²) in [5, 5.41) is 9.63. The molecular formula is C28H25BrN2O5S. The van der Waals surface area contributed by atoms with E-state index in [1.165, 1.54) is 29.5 Å². The SMILES string of the molecule is CCN1C(=O)C(=Cc2cc(OC)c(OCc3ccc(C)cc3)cc2Br)SC1=Nc1ccc(C(=O)O)cc1. The van der Waals surface area contributed by atoms with Crippen LogP contribution >= 0.6 is 27.7 Å². The number of hydrogen-bond donors (Lipinski definition) is 1. The fourth-order valence-electron chi connectivity index (χ4n) is 3.58. The van der Waals surface area contributed by atoms with Crippen LogP contribution in [0, 0.1) is 6.92 Å². The van der Waals surface area contributed by atoms with Crippen LogP contribution in [0.3, 0.4) is 0 Å². The summed E-state index contributed by atoms with van der Waals surface area (Å²) in [5.41, 5.74) is 3.74. The molecule has 190 valence electrons. The van der Waals surface area contributed by atoms with Crippen LogP contribution in [0.25, 0.3) is 6.08 Å². The molecule has 3 aromatic rings. The number of benzene rings is 3. The molecule has 3 aromatic carbocycles. The lowest BCUT2D eigenvalue weighted by Crippen LogP contribution is -2.28. The van der Waals surface area contributed by atoms with E-state index in [1.807, 2.05) is 50.2 Å². The Balaban J connectivity index is 1.57.